The molecule has 15 heavy (non-hydrogen) atoms. The van der Waals surface area contributed by atoms with Crippen LogP contribution in [0.3, 0.4) is 0 Å². The van der Waals surface area contributed by atoms with E-state index in [1.54, 1.807) is 0 Å². The van der Waals surface area contributed by atoms with E-state index in [2.05, 4.69) is 10.3 Å². The normalized spacial score (nSPS) is 11.1. The minimum atomic E-state index is -0.189. The van der Waals surface area contributed by atoms with Crippen molar-refractivity contribution in [3.05, 3.63) is 35.8 Å². The van der Waals surface area contributed by atoms with Crippen LogP contribution in [-0.4, -0.2) is 18.6 Å². The van der Waals surface area contributed by atoms with Gasteiger partial charge in [-0.2, -0.15) is 0 Å². The lowest BCUT2D eigenvalue weighted by Gasteiger charge is -1.99. The molecule has 1 aromatic carbocycles. The third kappa shape index (κ3) is 2.18. The Labute approximate surface area is 88.5 Å². The van der Waals surface area contributed by atoms with E-state index in [-0.39, 0.29) is 5.82 Å². The Hall–Kier alpha value is -1.35. The number of nitrogens with one attached hydrogen (secondary N) is 2. The fourth-order valence-electron chi connectivity index (χ4n) is 1.82. The average Bonchev–Trinajstić information content (AvgIpc) is 2.61. The molecule has 0 bridgehead atoms. The van der Waals surface area contributed by atoms with Gasteiger partial charge in [-0.05, 0) is 50.2 Å². The molecule has 80 valence electrons. The number of hydrogen-bond acceptors (Lipinski definition) is 1. The van der Waals surface area contributed by atoms with Gasteiger partial charge in [0.2, 0.25) is 0 Å². The Balaban J connectivity index is 2.21. The molecule has 0 aliphatic carbocycles. The van der Waals surface area contributed by atoms with Gasteiger partial charge in [-0.1, -0.05) is 0 Å². The number of H-pyrrole nitrogens is 1. The number of halogens is 1. The van der Waals surface area contributed by atoms with Crippen molar-refractivity contribution in [3.8, 4) is 0 Å². The van der Waals surface area contributed by atoms with Crippen LogP contribution < -0.4 is 5.32 Å². The van der Waals surface area contributed by atoms with Crippen LogP contribution in [0.15, 0.2) is 24.4 Å². The molecule has 1 heterocycles. The van der Waals surface area contributed by atoms with E-state index in [9.17, 15) is 4.39 Å². The van der Waals surface area contributed by atoms with Gasteiger partial charge in [0, 0.05) is 17.1 Å². The van der Waals surface area contributed by atoms with Gasteiger partial charge in [0.15, 0.2) is 0 Å². The predicted molar refractivity (Wildman–Crippen MR) is 60.5 cm³/mol. The van der Waals surface area contributed by atoms with Crippen LogP contribution in [0.5, 0.6) is 0 Å². The molecule has 2 nitrogen and oxygen atoms in total. The van der Waals surface area contributed by atoms with Gasteiger partial charge >= 0.3 is 0 Å². The lowest BCUT2D eigenvalue weighted by molar-refractivity contribution is 0.629. The summed E-state index contributed by atoms with van der Waals surface area (Å²) >= 11 is 0. The van der Waals surface area contributed by atoms with Gasteiger partial charge in [0.25, 0.3) is 0 Å². The van der Waals surface area contributed by atoms with Crippen molar-refractivity contribution in [2.75, 3.05) is 13.6 Å². The predicted octanol–water partition coefficient (Wildman–Crippen LogP) is 2.46. The quantitative estimate of drug-likeness (QED) is 0.739. The van der Waals surface area contributed by atoms with Crippen LogP contribution >= 0.6 is 0 Å². The largest absolute Gasteiger partial charge is 0.361 e. The molecular weight excluding hydrogens is 191 g/mol. The summed E-state index contributed by atoms with van der Waals surface area (Å²) in [6.07, 6.45) is 4.09. The second kappa shape index (κ2) is 4.45. The smallest absolute Gasteiger partial charge is 0.125 e. The van der Waals surface area contributed by atoms with Crippen molar-refractivity contribution in [2.24, 2.45) is 0 Å². The Bertz CT molecular complexity index is 448. The van der Waals surface area contributed by atoms with Gasteiger partial charge in [-0.25, -0.2) is 4.39 Å². The molecule has 0 fully saturated rings. The van der Waals surface area contributed by atoms with Crippen LogP contribution in [0, 0.1) is 5.82 Å². The van der Waals surface area contributed by atoms with Crippen LogP contribution in [-0.2, 0) is 6.42 Å². The third-order valence-electron chi connectivity index (χ3n) is 2.60. The zero-order valence-corrected chi connectivity index (χ0v) is 8.81. The van der Waals surface area contributed by atoms with Gasteiger partial charge in [0.05, 0.1) is 0 Å². The van der Waals surface area contributed by atoms with E-state index in [1.165, 1.54) is 17.7 Å². The lowest BCUT2D eigenvalue weighted by Crippen LogP contribution is -2.08. The van der Waals surface area contributed by atoms with E-state index in [4.69, 9.17) is 0 Å². The standard InChI is InChI=1S/C12H15FN2/c1-14-6-2-3-9-8-15-12-7-10(13)4-5-11(9)12/h4-5,7-8,14-15H,2-3,6H2,1H3. The molecule has 0 saturated heterocycles. The summed E-state index contributed by atoms with van der Waals surface area (Å²) in [7, 11) is 1.95. The minimum Gasteiger partial charge on any atom is -0.361 e. The monoisotopic (exact) mass is 206 g/mol. The topological polar surface area (TPSA) is 27.8 Å². The number of hydrogen-bond donors (Lipinski definition) is 2. The van der Waals surface area contributed by atoms with Gasteiger partial charge in [0.1, 0.15) is 5.82 Å². The van der Waals surface area contributed by atoms with E-state index < -0.39 is 0 Å². The first-order valence-corrected chi connectivity index (χ1v) is 5.21. The van der Waals surface area contributed by atoms with Crippen molar-refractivity contribution >= 4 is 10.9 Å². The molecule has 2 N–H and O–H groups in total. The highest BCUT2D eigenvalue weighted by Crippen LogP contribution is 2.20. The van der Waals surface area contributed by atoms with E-state index >= 15 is 0 Å². The van der Waals surface area contributed by atoms with Crippen LogP contribution in [0.4, 0.5) is 4.39 Å². The summed E-state index contributed by atoms with van der Waals surface area (Å²) in [6.45, 7) is 1.01. The maximum Gasteiger partial charge on any atom is 0.125 e. The molecule has 0 atom stereocenters. The molecule has 2 aromatic rings. The highest BCUT2D eigenvalue weighted by molar-refractivity contribution is 5.83. The molecule has 0 unspecified atom stereocenters. The highest BCUT2D eigenvalue weighted by Gasteiger charge is 2.03. The van der Waals surface area contributed by atoms with Gasteiger partial charge in [-0.3, -0.25) is 0 Å². The highest BCUT2D eigenvalue weighted by atomic mass is 19.1. The van der Waals surface area contributed by atoms with Crippen LogP contribution in [0.25, 0.3) is 10.9 Å². The third-order valence-corrected chi connectivity index (χ3v) is 2.60. The van der Waals surface area contributed by atoms with E-state index in [0.717, 1.165) is 30.3 Å². The second-order valence-corrected chi connectivity index (χ2v) is 3.71. The number of rotatable bonds is 4. The summed E-state index contributed by atoms with van der Waals surface area (Å²) in [5.41, 5.74) is 2.15. The molecule has 0 aliphatic heterocycles. The Morgan fingerprint density at radius 2 is 2.27 bits per heavy atom. The van der Waals surface area contributed by atoms with Crippen molar-refractivity contribution < 1.29 is 4.39 Å². The van der Waals surface area contributed by atoms with Crippen molar-refractivity contribution in [2.45, 2.75) is 12.8 Å². The second-order valence-electron chi connectivity index (χ2n) is 3.71. The molecule has 0 radical (unpaired) electrons. The Kier molecular flexibility index (Phi) is 3.02. The van der Waals surface area contributed by atoms with E-state index in [1.807, 2.05) is 19.3 Å². The molecule has 1 aromatic heterocycles. The summed E-state index contributed by atoms with van der Waals surface area (Å²) < 4.78 is 12.9. The number of benzene rings is 1. The van der Waals surface area contributed by atoms with Crippen molar-refractivity contribution in [1.82, 2.24) is 10.3 Å². The van der Waals surface area contributed by atoms with Gasteiger partial charge < -0.3 is 10.3 Å². The van der Waals surface area contributed by atoms with Gasteiger partial charge in [-0.15, -0.1) is 0 Å². The zero-order chi connectivity index (χ0) is 10.7. The molecule has 3 heteroatoms. The SMILES string of the molecule is CNCCCc1c[nH]c2cc(F)ccc12. The maximum absolute atomic E-state index is 12.9. The summed E-state index contributed by atoms with van der Waals surface area (Å²) in [4.78, 5) is 3.10. The number of aryl methyl sites for hydroxylation is 1. The van der Waals surface area contributed by atoms with Crippen molar-refractivity contribution in [3.63, 3.8) is 0 Å². The molecular formula is C12H15FN2. The number of fused-ring (bicyclic) bond motifs is 1. The summed E-state index contributed by atoms with van der Waals surface area (Å²) in [6, 6.07) is 4.89. The fourth-order valence-corrected chi connectivity index (χ4v) is 1.82. The number of aromatic amines is 1. The Morgan fingerprint density at radius 3 is 3.07 bits per heavy atom. The first-order chi connectivity index (χ1) is 7.31. The summed E-state index contributed by atoms with van der Waals surface area (Å²) in [5, 5.41) is 4.25. The lowest BCUT2D eigenvalue weighted by atomic mass is 10.1. The van der Waals surface area contributed by atoms with Crippen LogP contribution in [0.1, 0.15) is 12.0 Å². The number of aromatic nitrogens is 1. The van der Waals surface area contributed by atoms with Crippen LogP contribution in [0.2, 0.25) is 0 Å². The fraction of sp³-hybridized carbons (Fsp3) is 0.333. The Morgan fingerprint density at radius 1 is 1.40 bits per heavy atom. The molecule has 0 saturated carbocycles. The van der Waals surface area contributed by atoms with Crippen molar-refractivity contribution in [1.29, 1.82) is 0 Å². The maximum atomic E-state index is 12.9. The van der Waals surface area contributed by atoms with E-state index in [0.29, 0.717) is 0 Å². The molecule has 0 aliphatic rings. The molecule has 2 rings (SSSR count). The zero-order valence-electron chi connectivity index (χ0n) is 8.81. The average molecular weight is 206 g/mol. The molecule has 0 spiro atoms. The first-order valence-electron chi connectivity index (χ1n) is 5.21. The first kappa shape index (κ1) is 10.2. The minimum absolute atomic E-state index is 0.189. The molecule has 0 amide bonds. The summed E-state index contributed by atoms with van der Waals surface area (Å²) in [5.74, 6) is -0.189.